The zero-order valence-corrected chi connectivity index (χ0v) is 17.1. The van der Waals surface area contributed by atoms with Crippen molar-refractivity contribution in [3.05, 3.63) is 29.3 Å². The van der Waals surface area contributed by atoms with Crippen LogP contribution >= 0.6 is 0 Å². The number of ketones is 1. The molecule has 0 aromatic heterocycles. The Balaban J connectivity index is 1.97. The standard InChI is InChI=1S/C21H29BF2O5/c1-3-4-5-6-7-11-28-20(26)18-10-8-9-15-12-16(22(27)29-19(15)18)13-17(25)14-21(2,23)24/h8-10,16,27H,3-7,11-14H2,1-2H3/t16-/m1/s1. The number of rotatable bonds is 11. The number of halogens is 2. The Kier molecular flexibility index (Phi) is 8.62. The minimum atomic E-state index is -3.08. The van der Waals surface area contributed by atoms with Gasteiger partial charge in [-0.1, -0.05) is 44.7 Å². The van der Waals surface area contributed by atoms with Crippen LogP contribution < -0.4 is 4.65 Å². The zero-order valence-electron chi connectivity index (χ0n) is 17.1. The third kappa shape index (κ3) is 7.42. The fraction of sp³-hybridized carbons (Fsp3) is 0.619. The van der Waals surface area contributed by atoms with E-state index in [1.807, 2.05) is 0 Å². The van der Waals surface area contributed by atoms with Crippen LogP contribution in [0.4, 0.5) is 8.78 Å². The van der Waals surface area contributed by atoms with Gasteiger partial charge in [0.05, 0.1) is 13.0 Å². The molecule has 1 aromatic rings. The quantitative estimate of drug-likeness (QED) is 0.328. The molecular weight excluding hydrogens is 381 g/mol. The van der Waals surface area contributed by atoms with Gasteiger partial charge in [-0.3, -0.25) is 4.79 Å². The molecule has 0 aliphatic carbocycles. The molecule has 2 rings (SSSR count). The second-order valence-electron chi connectivity index (χ2n) is 7.81. The molecule has 0 radical (unpaired) electrons. The molecule has 1 aromatic carbocycles. The van der Waals surface area contributed by atoms with E-state index in [9.17, 15) is 23.4 Å². The normalized spacial score (nSPS) is 16.2. The summed E-state index contributed by atoms with van der Waals surface area (Å²) in [5, 5.41) is 10.3. The highest BCUT2D eigenvalue weighted by atomic mass is 19.3. The van der Waals surface area contributed by atoms with Crippen LogP contribution in [0.15, 0.2) is 18.2 Å². The number of esters is 1. The van der Waals surface area contributed by atoms with Gasteiger partial charge in [-0.2, -0.15) is 0 Å². The summed E-state index contributed by atoms with van der Waals surface area (Å²) in [6, 6.07) is 4.97. The minimum Gasteiger partial charge on any atom is -0.535 e. The summed E-state index contributed by atoms with van der Waals surface area (Å²) in [7, 11) is -1.35. The van der Waals surface area contributed by atoms with E-state index in [1.165, 1.54) is 0 Å². The van der Waals surface area contributed by atoms with Gasteiger partial charge in [0.25, 0.3) is 5.92 Å². The Morgan fingerprint density at radius 3 is 2.69 bits per heavy atom. The number of carbonyl (C=O) groups is 2. The van der Waals surface area contributed by atoms with Crippen LogP contribution in [0.1, 0.15) is 74.7 Å². The van der Waals surface area contributed by atoms with Crippen LogP contribution in [0, 0.1) is 0 Å². The van der Waals surface area contributed by atoms with Crippen LogP contribution in [0.5, 0.6) is 5.75 Å². The highest BCUT2D eigenvalue weighted by Gasteiger charge is 2.39. The number of ether oxygens (including phenoxy) is 1. The number of carbonyl (C=O) groups excluding carboxylic acids is 2. The molecule has 1 heterocycles. The van der Waals surface area contributed by atoms with Gasteiger partial charge in [0.2, 0.25) is 0 Å². The van der Waals surface area contributed by atoms with Crippen molar-refractivity contribution in [3.8, 4) is 5.75 Å². The lowest BCUT2D eigenvalue weighted by Gasteiger charge is -2.28. The molecule has 1 atom stereocenters. The number of hydrogen-bond acceptors (Lipinski definition) is 5. The molecule has 29 heavy (non-hydrogen) atoms. The summed E-state index contributed by atoms with van der Waals surface area (Å²) >= 11 is 0. The topological polar surface area (TPSA) is 72.8 Å². The van der Waals surface area contributed by atoms with Gasteiger partial charge in [0.15, 0.2) is 0 Å². The van der Waals surface area contributed by atoms with E-state index >= 15 is 0 Å². The van der Waals surface area contributed by atoms with Gasteiger partial charge in [0.1, 0.15) is 17.1 Å². The second-order valence-corrected chi connectivity index (χ2v) is 7.81. The Bertz CT molecular complexity index is 705. The summed E-state index contributed by atoms with van der Waals surface area (Å²) < 4.78 is 36.9. The molecule has 0 saturated heterocycles. The highest BCUT2D eigenvalue weighted by Crippen LogP contribution is 2.37. The van der Waals surface area contributed by atoms with Gasteiger partial charge in [-0.05, 0) is 31.4 Å². The molecule has 0 spiro atoms. The maximum atomic E-state index is 13.0. The molecule has 0 saturated carbocycles. The van der Waals surface area contributed by atoms with Crippen molar-refractivity contribution in [3.63, 3.8) is 0 Å². The molecule has 1 aliphatic rings. The monoisotopic (exact) mass is 410 g/mol. The largest absolute Gasteiger partial charge is 0.535 e. The molecule has 8 heteroatoms. The predicted octanol–water partition coefficient (Wildman–Crippen LogP) is 4.60. The van der Waals surface area contributed by atoms with Crippen molar-refractivity contribution in [1.29, 1.82) is 0 Å². The van der Waals surface area contributed by atoms with E-state index in [4.69, 9.17) is 9.39 Å². The van der Waals surface area contributed by atoms with Crippen molar-refractivity contribution in [2.45, 2.75) is 77.0 Å². The van der Waals surface area contributed by atoms with E-state index in [-0.39, 0.29) is 24.2 Å². The van der Waals surface area contributed by atoms with Crippen molar-refractivity contribution >= 4 is 18.9 Å². The number of Topliss-reactive ketones (excluding diaryl/α,β-unsaturated/α-hetero) is 1. The van der Waals surface area contributed by atoms with Gasteiger partial charge in [-0.25, -0.2) is 13.6 Å². The van der Waals surface area contributed by atoms with Crippen LogP contribution in [-0.4, -0.2) is 36.4 Å². The SMILES string of the molecule is CCCCCCCOC(=O)c1cccc2c1OB(O)[C@@H](CC(=O)CC(C)(F)F)C2. The fourth-order valence-electron chi connectivity index (χ4n) is 3.48. The Morgan fingerprint density at radius 1 is 1.28 bits per heavy atom. The average molecular weight is 410 g/mol. The van der Waals surface area contributed by atoms with Crippen LogP contribution in [0.25, 0.3) is 0 Å². The maximum absolute atomic E-state index is 13.0. The summed E-state index contributed by atoms with van der Waals surface area (Å²) in [4.78, 5) is 24.3. The molecule has 160 valence electrons. The first-order valence-corrected chi connectivity index (χ1v) is 10.2. The molecule has 0 fully saturated rings. The summed E-state index contributed by atoms with van der Waals surface area (Å²) in [5.41, 5.74) is 0.869. The molecule has 5 nitrogen and oxygen atoms in total. The van der Waals surface area contributed by atoms with Gasteiger partial charge >= 0.3 is 13.1 Å². The summed E-state index contributed by atoms with van der Waals surface area (Å²) in [6.07, 6.45) is 4.37. The van der Waals surface area contributed by atoms with Crippen molar-refractivity contribution in [2.75, 3.05) is 6.61 Å². The maximum Gasteiger partial charge on any atom is 0.526 e. The van der Waals surface area contributed by atoms with E-state index in [0.717, 1.165) is 32.1 Å². The number of benzene rings is 1. The van der Waals surface area contributed by atoms with E-state index in [2.05, 4.69) is 6.92 Å². The van der Waals surface area contributed by atoms with E-state index in [1.54, 1.807) is 18.2 Å². The molecule has 1 N–H and O–H groups in total. The smallest absolute Gasteiger partial charge is 0.526 e. The van der Waals surface area contributed by atoms with E-state index < -0.39 is 37.0 Å². The first-order chi connectivity index (χ1) is 13.7. The van der Waals surface area contributed by atoms with Crippen LogP contribution in [-0.2, 0) is 16.0 Å². The third-order valence-electron chi connectivity index (χ3n) is 4.92. The number of para-hydroxylation sites is 1. The fourth-order valence-corrected chi connectivity index (χ4v) is 3.48. The lowest BCUT2D eigenvalue weighted by atomic mass is 9.64. The Labute approximate surface area is 170 Å². The number of hydrogen-bond donors (Lipinski definition) is 1. The number of alkyl halides is 2. The zero-order chi connectivity index (χ0) is 21.4. The van der Waals surface area contributed by atoms with Crippen molar-refractivity contribution < 1.29 is 32.8 Å². The van der Waals surface area contributed by atoms with Crippen LogP contribution in [0.3, 0.4) is 0 Å². The lowest BCUT2D eigenvalue weighted by Crippen LogP contribution is -2.36. The molecule has 0 bridgehead atoms. The minimum absolute atomic E-state index is 0.212. The van der Waals surface area contributed by atoms with Crippen LogP contribution in [0.2, 0.25) is 5.82 Å². The number of fused-ring (bicyclic) bond motifs is 1. The average Bonchev–Trinajstić information content (AvgIpc) is 2.63. The molecule has 0 amide bonds. The second kappa shape index (κ2) is 10.7. The summed E-state index contributed by atoms with van der Waals surface area (Å²) in [5.74, 6) is -4.64. The molecule has 0 unspecified atom stereocenters. The van der Waals surface area contributed by atoms with E-state index in [0.29, 0.717) is 19.1 Å². The first kappa shape index (κ1) is 23.3. The molecule has 1 aliphatic heterocycles. The predicted molar refractivity (Wildman–Crippen MR) is 106 cm³/mol. The highest BCUT2D eigenvalue weighted by molar-refractivity contribution is 6.47. The number of unbranched alkanes of at least 4 members (excludes halogenated alkanes) is 4. The van der Waals surface area contributed by atoms with Crippen molar-refractivity contribution in [1.82, 2.24) is 0 Å². The van der Waals surface area contributed by atoms with Crippen molar-refractivity contribution in [2.24, 2.45) is 0 Å². The van der Waals surface area contributed by atoms with Gasteiger partial charge in [0, 0.05) is 12.2 Å². The lowest BCUT2D eigenvalue weighted by molar-refractivity contribution is -0.125. The first-order valence-electron chi connectivity index (χ1n) is 10.2. The Morgan fingerprint density at radius 2 is 2.00 bits per heavy atom. The Hall–Kier alpha value is -1.96. The van der Waals surface area contributed by atoms with Gasteiger partial charge in [-0.15, -0.1) is 0 Å². The third-order valence-corrected chi connectivity index (χ3v) is 4.92. The molecular formula is C21H29BF2O5. The summed E-state index contributed by atoms with van der Waals surface area (Å²) in [6.45, 7) is 3.14. The van der Waals surface area contributed by atoms with Gasteiger partial charge < -0.3 is 14.4 Å².